The molecule has 0 N–H and O–H groups in total. The maximum absolute atomic E-state index is 5.51. The van der Waals surface area contributed by atoms with Gasteiger partial charge in [-0.2, -0.15) is 0 Å². The van der Waals surface area contributed by atoms with E-state index in [-0.39, 0.29) is 0 Å². The molecule has 0 atom stereocenters. The normalized spacial score (nSPS) is 11.4. The van der Waals surface area contributed by atoms with Gasteiger partial charge in [0.25, 0.3) is 0 Å². The third-order valence-electron chi connectivity index (χ3n) is 14.0. The van der Waals surface area contributed by atoms with Gasteiger partial charge in [0.15, 0.2) is 23.3 Å². The van der Waals surface area contributed by atoms with Crippen molar-refractivity contribution < 1.29 is 0 Å². The third-order valence-corrected chi connectivity index (χ3v) is 14.0. The summed E-state index contributed by atoms with van der Waals surface area (Å²) in [7, 11) is 0. The second kappa shape index (κ2) is 18.6. The highest BCUT2D eigenvalue weighted by molar-refractivity contribution is 6.12. The van der Waals surface area contributed by atoms with Gasteiger partial charge in [0, 0.05) is 44.2 Å². The van der Waals surface area contributed by atoms with Crippen molar-refractivity contribution in [3.63, 3.8) is 0 Å². The van der Waals surface area contributed by atoms with E-state index >= 15 is 0 Å². The Morgan fingerprint density at radius 3 is 1.10 bits per heavy atom. The topological polar surface area (TPSA) is 69.4 Å². The van der Waals surface area contributed by atoms with Crippen molar-refractivity contribution >= 4 is 21.8 Å². The molecule has 6 heteroatoms. The summed E-state index contributed by atoms with van der Waals surface area (Å²) in [4.78, 5) is 26.3. The van der Waals surface area contributed by atoms with Gasteiger partial charge in [-0.1, -0.05) is 181 Å². The predicted octanol–water partition coefficient (Wildman–Crippen LogP) is 16.9. The van der Waals surface area contributed by atoms with Gasteiger partial charge < -0.3 is 4.57 Å². The first-order chi connectivity index (χ1) is 35.6. The van der Waals surface area contributed by atoms with E-state index in [2.05, 4.69) is 167 Å². The van der Waals surface area contributed by atoms with E-state index in [1.54, 1.807) is 0 Å². The Morgan fingerprint density at radius 2 is 0.658 bits per heavy atom. The van der Waals surface area contributed by atoms with Crippen LogP contribution in [-0.4, -0.2) is 29.5 Å². The summed E-state index contributed by atoms with van der Waals surface area (Å²) >= 11 is 0. The second-order valence-corrected chi connectivity index (χ2v) is 19.3. The number of nitrogens with zero attached hydrogens (tertiary/aromatic N) is 6. The van der Waals surface area contributed by atoms with E-state index in [1.807, 2.05) is 84.9 Å². The molecule has 0 saturated carbocycles. The van der Waals surface area contributed by atoms with E-state index in [4.69, 9.17) is 24.9 Å². The Labute approximate surface area is 426 Å². The molecule has 350 valence electrons. The first-order valence-corrected chi connectivity index (χ1v) is 24.9. The molecule has 0 aliphatic rings. The van der Waals surface area contributed by atoms with Crippen LogP contribution in [0, 0.1) is 41.5 Å². The monoisotopic (exact) mass is 940 g/mol. The van der Waals surface area contributed by atoms with Gasteiger partial charge in [-0.05, 0) is 122 Å². The van der Waals surface area contributed by atoms with Crippen molar-refractivity contribution in [1.29, 1.82) is 0 Å². The molecule has 0 amide bonds. The fourth-order valence-corrected chi connectivity index (χ4v) is 10.9. The minimum absolute atomic E-state index is 0.559. The molecule has 0 bridgehead atoms. The van der Waals surface area contributed by atoms with E-state index in [1.165, 1.54) is 55.6 Å². The lowest BCUT2D eigenvalue weighted by atomic mass is 9.92. The number of aromatic nitrogens is 6. The highest BCUT2D eigenvalue weighted by Gasteiger charge is 2.23. The fourth-order valence-electron chi connectivity index (χ4n) is 10.9. The van der Waals surface area contributed by atoms with Gasteiger partial charge in [0.2, 0.25) is 0 Å². The average molecular weight is 941 g/mol. The highest BCUT2D eigenvalue weighted by atomic mass is 15.0. The van der Waals surface area contributed by atoms with Crippen LogP contribution in [-0.2, 0) is 0 Å². The first-order valence-electron chi connectivity index (χ1n) is 24.9. The number of benzene rings is 9. The van der Waals surface area contributed by atoms with Gasteiger partial charge in [0.05, 0.1) is 28.1 Å². The van der Waals surface area contributed by atoms with Crippen LogP contribution >= 0.6 is 0 Å². The smallest absolute Gasteiger partial charge is 0.164 e. The highest BCUT2D eigenvalue weighted by Crippen LogP contribution is 2.43. The Kier molecular flexibility index (Phi) is 11.5. The molecule has 0 unspecified atom stereocenters. The average Bonchev–Trinajstić information content (AvgIpc) is 3.74. The minimum Gasteiger partial charge on any atom is -0.309 e. The molecule has 3 heterocycles. The molecule has 0 aliphatic carbocycles. The number of hydrogen-bond donors (Lipinski definition) is 0. The van der Waals surface area contributed by atoms with Crippen LogP contribution in [0.3, 0.4) is 0 Å². The summed E-state index contributed by atoms with van der Waals surface area (Å²) < 4.78 is 2.46. The summed E-state index contributed by atoms with van der Waals surface area (Å²) in [5, 5.41) is 2.32. The first kappa shape index (κ1) is 45.0. The van der Waals surface area contributed by atoms with E-state index in [0.29, 0.717) is 23.3 Å². The zero-order valence-corrected chi connectivity index (χ0v) is 41.8. The number of aryl methyl sites for hydroxylation is 6. The largest absolute Gasteiger partial charge is 0.309 e. The second-order valence-electron chi connectivity index (χ2n) is 19.3. The Morgan fingerprint density at radius 1 is 0.288 bits per heavy atom. The van der Waals surface area contributed by atoms with Crippen LogP contribution in [0.15, 0.2) is 206 Å². The zero-order chi connectivity index (χ0) is 49.7. The molecular weight excluding hydrogens is 889 g/mol. The van der Waals surface area contributed by atoms with Crippen LogP contribution < -0.4 is 0 Å². The van der Waals surface area contributed by atoms with Crippen molar-refractivity contribution in [2.45, 2.75) is 41.5 Å². The molecule has 12 aromatic rings. The van der Waals surface area contributed by atoms with Crippen LogP contribution in [0.2, 0.25) is 0 Å². The summed E-state index contributed by atoms with van der Waals surface area (Å²) in [6, 6.07) is 72.8. The Hall–Kier alpha value is -9.13. The van der Waals surface area contributed by atoms with Crippen LogP contribution in [0.1, 0.15) is 33.4 Å². The van der Waals surface area contributed by atoms with E-state index < -0.39 is 0 Å². The molecule has 3 aromatic heterocycles. The van der Waals surface area contributed by atoms with Crippen molar-refractivity contribution in [2.75, 3.05) is 0 Å². The summed E-state index contributed by atoms with van der Waals surface area (Å²) in [6.45, 7) is 13.2. The summed E-state index contributed by atoms with van der Waals surface area (Å²) in [5.74, 6) is 2.39. The molecule has 0 spiro atoms. The molecule has 0 fully saturated rings. The molecule has 9 aromatic carbocycles. The van der Waals surface area contributed by atoms with Gasteiger partial charge >= 0.3 is 0 Å². The molecule has 0 aliphatic heterocycles. The number of hydrogen-bond acceptors (Lipinski definition) is 5. The Bertz CT molecular complexity index is 3790. The van der Waals surface area contributed by atoms with Crippen LogP contribution in [0.5, 0.6) is 0 Å². The molecule has 73 heavy (non-hydrogen) atoms. The predicted molar refractivity (Wildman–Crippen MR) is 302 cm³/mol. The number of fused-ring (bicyclic) bond motifs is 3. The minimum atomic E-state index is 0.559. The van der Waals surface area contributed by atoms with Crippen molar-refractivity contribution in [3.05, 3.63) is 240 Å². The van der Waals surface area contributed by atoms with Crippen molar-refractivity contribution in [3.8, 4) is 96.0 Å². The zero-order valence-electron chi connectivity index (χ0n) is 41.8. The standard InChI is InChI=1S/C67H52N6/c1-41-33-43(3)62(44(4)34-41)51-27-30-54-55-31-28-52(63-45(5)35-42(2)36-46(63)6)39-61(55)73(60(54)38-51)59-32-29-53(67-71-65(49-23-15-9-16-24-49)70-66(72-67)50-25-17-10-18-26-50)37-56(59)58-40-57(47-19-11-7-12-20-47)68-64(69-58)48-21-13-8-14-22-48/h7-40H,1-6H3. The van der Waals surface area contributed by atoms with Crippen molar-refractivity contribution in [2.24, 2.45) is 0 Å². The van der Waals surface area contributed by atoms with Crippen LogP contribution in [0.25, 0.3) is 118 Å². The maximum atomic E-state index is 5.51. The maximum Gasteiger partial charge on any atom is 0.164 e. The fraction of sp³-hybridized carbons (Fsp3) is 0.0896. The lowest BCUT2D eigenvalue weighted by Gasteiger charge is -2.18. The molecular formula is C67H52N6. The summed E-state index contributed by atoms with van der Waals surface area (Å²) in [5.41, 5.74) is 22.6. The molecule has 6 nitrogen and oxygen atoms in total. The van der Waals surface area contributed by atoms with Gasteiger partial charge in [-0.15, -0.1) is 0 Å². The van der Waals surface area contributed by atoms with Crippen molar-refractivity contribution in [1.82, 2.24) is 29.5 Å². The molecule has 12 rings (SSSR count). The van der Waals surface area contributed by atoms with E-state index in [9.17, 15) is 0 Å². The number of rotatable bonds is 9. The van der Waals surface area contributed by atoms with Gasteiger partial charge in [-0.25, -0.2) is 24.9 Å². The quantitative estimate of drug-likeness (QED) is 0.144. The third kappa shape index (κ3) is 8.47. The SMILES string of the molecule is Cc1cc(C)c(-c2ccc3c4ccc(-c5c(C)cc(C)cc5C)cc4n(-c4ccc(-c5nc(-c6ccccc6)nc(-c6ccccc6)n5)cc4-c4cc(-c5ccccc5)nc(-c5ccccc5)n4)c3c2)c(C)c1. The molecule has 0 radical (unpaired) electrons. The lowest BCUT2D eigenvalue weighted by molar-refractivity contribution is 1.07. The molecule has 0 saturated heterocycles. The van der Waals surface area contributed by atoms with E-state index in [0.717, 1.165) is 72.3 Å². The Balaban J connectivity index is 1.19. The van der Waals surface area contributed by atoms with Crippen LogP contribution in [0.4, 0.5) is 0 Å². The lowest BCUT2D eigenvalue weighted by Crippen LogP contribution is -2.03. The summed E-state index contributed by atoms with van der Waals surface area (Å²) in [6.07, 6.45) is 0. The van der Waals surface area contributed by atoms with Gasteiger partial charge in [-0.3, -0.25) is 0 Å². The van der Waals surface area contributed by atoms with Gasteiger partial charge in [0.1, 0.15) is 0 Å².